The smallest absolute Gasteiger partial charge is 0.244 e. The Morgan fingerprint density at radius 2 is 2.13 bits per heavy atom. The number of aromatic amines is 1. The van der Waals surface area contributed by atoms with Gasteiger partial charge < -0.3 is 19.9 Å². The molecular formula is C22H18ClFN4O3. The SMILES string of the molecule is COc1ccc([C@@H]2C(C#N)=C(N)Oc3n[nH]c(C)c32)cc1COc1ccc(F)c(Cl)c1. The maximum absolute atomic E-state index is 13.4. The van der Waals surface area contributed by atoms with Crippen molar-refractivity contribution in [3.63, 3.8) is 0 Å². The molecule has 9 heteroatoms. The summed E-state index contributed by atoms with van der Waals surface area (Å²) in [5, 5.41) is 16.7. The zero-order chi connectivity index (χ0) is 22.1. The van der Waals surface area contributed by atoms with Crippen molar-refractivity contribution >= 4 is 11.6 Å². The van der Waals surface area contributed by atoms with Crippen molar-refractivity contribution in [2.45, 2.75) is 19.4 Å². The van der Waals surface area contributed by atoms with Gasteiger partial charge in [-0.15, -0.1) is 5.10 Å². The molecule has 0 fully saturated rings. The van der Waals surface area contributed by atoms with Gasteiger partial charge in [-0.3, -0.25) is 5.10 Å². The predicted octanol–water partition coefficient (Wildman–Crippen LogP) is 4.32. The van der Waals surface area contributed by atoms with Gasteiger partial charge in [0.1, 0.15) is 35.6 Å². The summed E-state index contributed by atoms with van der Waals surface area (Å²) in [6.45, 7) is 1.99. The van der Waals surface area contributed by atoms with E-state index >= 15 is 0 Å². The lowest BCUT2D eigenvalue weighted by molar-refractivity contribution is 0.296. The van der Waals surface area contributed by atoms with Crippen LogP contribution >= 0.6 is 11.6 Å². The quantitative estimate of drug-likeness (QED) is 0.612. The first-order valence-corrected chi connectivity index (χ1v) is 9.67. The summed E-state index contributed by atoms with van der Waals surface area (Å²) in [5.41, 5.74) is 9.32. The number of benzene rings is 2. The number of nitrogens with one attached hydrogen (secondary N) is 1. The number of ether oxygens (including phenoxy) is 3. The third kappa shape index (κ3) is 3.76. The Labute approximate surface area is 182 Å². The standard InChI is InChI=1S/C22H18ClFN4O3/c1-11-19-20(15(9-25)21(26)31-22(19)28-27-11)12-3-6-18(29-2)13(7-12)10-30-14-4-5-17(24)16(23)8-14/h3-8,20H,10,26H2,1-2H3,(H,27,28)/t20-/m1/s1. The summed E-state index contributed by atoms with van der Waals surface area (Å²) in [5.74, 6) is 0.392. The van der Waals surface area contributed by atoms with E-state index in [0.29, 0.717) is 23.0 Å². The van der Waals surface area contributed by atoms with Gasteiger partial charge in [0.25, 0.3) is 0 Å². The van der Waals surface area contributed by atoms with Crippen LogP contribution in [-0.4, -0.2) is 17.3 Å². The Balaban J connectivity index is 1.72. The van der Waals surface area contributed by atoms with E-state index in [1.165, 1.54) is 18.2 Å². The van der Waals surface area contributed by atoms with Crippen LogP contribution in [0.1, 0.15) is 28.3 Å². The highest BCUT2D eigenvalue weighted by Crippen LogP contribution is 2.43. The lowest BCUT2D eigenvalue weighted by Gasteiger charge is -2.24. The molecule has 1 aliphatic rings. The molecule has 1 atom stereocenters. The highest BCUT2D eigenvalue weighted by molar-refractivity contribution is 6.30. The number of hydrogen-bond acceptors (Lipinski definition) is 6. The lowest BCUT2D eigenvalue weighted by Crippen LogP contribution is -2.21. The summed E-state index contributed by atoms with van der Waals surface area (Å²) in [6.07, 6.45) is 0. The second kappa shape index (κ2) is 8.20. The van der Waals surface area contributed by atoms with Crippen LogP contribution in [0.4, 0.5) is 4.39 Å². The molecule has 0 saturated heterocycles. The number of nitrogens with zero attached hydrogens (tertiary/aromatic N) is 2. The van der Waals surface area contributed by atoms with Crippen LogP contribution < -0.4 is 19.9 Å². The molecule has 2 heterocycles. The van der Waals surface area contributed by atoms with E-state index in [9.17, 15) is 9.65 Å². The molecule has 3 N–H and O–H groups in total. The molecule has 0 saturated carbocycles. The second-order valence-corrected chi connectivity index (χ2v) is 7.34. The van der Waals surface area contributed by atoms with Gasteiger partial charge in [0.05, 0.1) is 18.1 Å². The molecule has 31 heavy (non-hydrogen) atoms. The number of nitrogens with two attached hydrogens (primary N) is 1. The molecule has 7 nitrogen and oxygen atoms in total. The molecule has 0 spiro atoms. The average Bonchev–Trinajstić information content (AvgIpc) is 3.13. The van der Waals surface area contributed by atoms with Crippen molar-refractivity contribution in [3.05, 3.63) is 81.1 Å². The minimum absolute atomic E-state index is 0.0149. The van der Waals surface area contributed by atoms with Crippen molar-refractivity contribution in [2.75, 3.05) is 7.11 Å². The van der Waals surface area contributed by atoms with Crippen LogP contribution in [0.25, 0.3) is 0 Å². The highest BCUT2D eigenvalue weighted by Gasteiger charge is 2.34. The zero-order valence-electron chi connectivity index (χ0n) is 16.7. The van der Waals surface area contributed by atoms with E-state index in [0.717, 1.165) is 22.4 Å². The van der Waals surface area contributed by atoms with E-state index in [2.05, 4.69) is 16.3 Å². The lowest BCUT2D eigenvalue weighted by atomic mass is 9.83. The van der Waals surface area contributed by atoms with E-state index in [1.54, 1.807) is 13.2 Å². The van der Waals surface area contributed by atoms with E-state index in [-0.39, 0.29) is 17.5 Å². The van der Waals surface area contributed by atoms with Crippen LogP contribution in [0, 0.1) is 24.1 Å². The van der Waals surface area contributed by atoms with Crippen molar-refractivity contribution in [1.29, 1.82) is 5.26 Å². The number of aryl methyl sites for hydroxylation is 1. The number of nitriles is 1. The van der Waals surface area contributed by atoms with E-state index in [4.69, 9.17) is 31.5 Å². The highest BCUT2D eigenvalue weighted by atomic mass is 35.5. The van der Waals surface area contributed by atoms with Gasteiger partial charge >= 0.3 is 0 Å². The fourth-order valence-electron chi connectivity index (χ4n) is 3.55. The monoisotopic (exact) mass is 440 g/mol. The topological polar surface area (TPSA) is 106 Å². The first-order valence-electron chi connectivity index (χ1n) is 9.30. The van der Waals surface area contributed by atoms with Gasteiger partial charge in [-0.1, -0.05) is 17.7 Å². The summed E-state index contributed by atoms with van der Waals surface area (Å²) in [6, 6.07) is 11.8. The second-order valence-electron chi connectivity index (χ2n) is 6.93. The van der Waals surface area contributed by atoms with Gasteiger partial charge in [-0.25, -0.2) is 4.39 Å². The molecule has 1 aromatic heterocycles. The third-order valence-electron chi connectivity index (χ3n) is 5.05. The molecule has 158 valence electrons. The Bertz CT molecular complexity index is 1230. The largest absolute Gasteiger partial charge is 0.496 e. The summed E-state index contributed by atoms with van der Waals surface area (Å²) in [7, 11) is 1.55. The number of hydrogen-bond donors (Lipinski definition) is 2. The summed E-state index contributed by atoms with van der Waals surface area (Å²) in [4.78, 5) is 0. The van der Waals surface area contributed by atoms with Gasteiger partial charge in [0.2, 0.25) is 11.8 Å². The van der Waals surface area contributed by atoms with Crippen molar-refractivity contribution in [1.82, 2.24) is 10.2 Å². The Hall–Kier alpha value is -3.70. The molecule has 0 amide bonds. The molecule has 4 rings (SSSR count). The van der Waals surface area contributed by atoms with Crippen molar-refractivity contribution in [3.8, 4) is 23.4 Å². The Morgan fingerprint density at radius 3 is 2.84 bits per heavy atom. The fraction of sp³-hybridized carbons (Fsp3) is 0.182. The fourth-order valence-corrected chi connectivity index (χ4v) is 3.72. The van der Waals surface area contributed by atoms with Gasteiger partial charge in [0, 0.05) is 22.9 Å². The van der Waals surface area contributed by atoms with Crippen molar-refractivity contribution in [2.24, 2.45) is 5.73 Å². The van der Waals surface area contributed by atoms with Gasteiger partial charge in [0.15, 0.2) is 0 Å². The number of aromatic nitrogens is 2. The van der Waals surface area contributed by atoms with Crippen LogP contribution in [-0.2, 0) is 6.61 Å². The number of methoxy groups -OCH3 is 1. The number of halogens is 2. The number of rotatable bonds is 5. The summed E-state index contributed by atoms with van der Waals surface area (Å²) < 4.78 is 30.2. The first kappa shape index (κ1) is 20.6. The van der Waals surface area contributed by atoms with Gasteiger partial charge in [-0.2, -0.15) is 5.26 Å². The van der Waals surface area contributed by atoms with Crippen LogP contribution in [0.3, 0.4) is 0 Å². The molecule has 0 unspecified atom stereocenters. The minimum atomic E-state index is -0.521. The number of allylic oxidation sites excluding steroid dienone is 1. The maximum atomic E-state index is 13.4. The Kier molecular flexibility index (Phi) is 5.44. The predicted molar refractivity (Wildman–Crippen MR) is 111 cm³/mol. The van der Waals surface area contributed by atoms with Crippen LogP contribution in [0.5, 0.6) is 17.4 Å². The molecule has 3 aromatic rings. The molecule has 1 aliphatic heterocycles. The molecular weight excluding hydrogens is 423 g/mol. The molecule has 2 aromatic carbocycles. The van der Waals surface area contributed by atoms with E-state index < -0.39 is 11.7 Å². The average molecular weight is 441 g/mol. The van der Waals surface area contributed by atoms with E-state index in [1.807, 2.05) is 19.1 Å². The molecule has 0 radical (unpaired) electrons. The van der Waals surface area contributed by atoms with Gasteiger partial charge in [-0.05, 0) is 36.8 Å². The minimum Gasteiger partial charge on any atom is -0.496 e. The van der Waals surface area contributed by atoms with Crippen LogP contribution in [0.2, 0.25) is 5.02 Å². The third-order valence-corrected chi connectivity index (χ3v) is 5.34. The normalized spacial score (nSPS) is 15.1. The first-order chi connectivity index (χ1) is 14.9. The van der Waals surface area contributed by atoms with Crippen LogP contribution in [0.15, 0.2) is 47.9 Å². The number of H-pyrrole nitrogens is 1. The molecule has 0 bridgehead atoms. The number of fused-ring (bicyclic) bond motifs is 1. The maximum Gasteiger partial charge on any atom is 0.244 e. The zero-order valence-corrected chi connectivity index (χ0v) is 17.5. The summed E-state index contributed by atoms with van der Waals surface area (Å²) >= 11 is 5.83. The Morgan fingerprint density at radius 1 is 1.32 bits per heavy atom. The molecule has 0 aliphatic carbocycles. The van der Waals surface area contributed by atoms with Crippen molar-refractivity contribution < 1.29 is 18.6 Å².